The van der Waals surface area contributed by atoms with E-state index in [0.717, 1.165) is 16.7 Å². The number of nitrogens with zero attached hydrogens (tertiary/aromatic N) is 2. The summed E-state index contributed by atoms with van der Waals surface area (Å²) in [5, 5.41) is 10.9. The monoisotopic (exact) mass is 596 g/mol. The molecule has 218 valence electrons. The summed E-state index contributed by atoms with van der Waals surface area (Å²) in [6, 6.07) is 29.5. The molecule has 1 amide bonds. The van der Waals surface area contributed by atoms with Gasteiger partial charge in [-0.25, -0.2) is 9.78 Å². The molecule has 0 aliphatic heterocycles. The molecule has 1 heterocycles. The van der Waals surface area contributed by atoms with Gasteiger partial charge >= 0.3 is 12.1 Å². The van der Waals surface area contributed by atoms with Crippen LogP contribution in [0.15, 0.2) is 102 Å². The average Bonchev–Trinajstić information content (AvgIpc) is 3.46. The van der Waals surface area contributed by atoms with Gasteiger partial charge in [0.2, 0.25) is 5.71 Å². The lowest BCUT2D eigenvalue weighted by atomic mass is 9.77. The van der Waals surface area contributed by atoms with Crippen LogP contribution in [0, 0.1) is 0 Å². The summed E-state index contributed by atoms with van der Waals surface area (Å²) in [4.78, 5) is 33.9. The van der Waals surface area contributed by atoms with Crippen molar-refractivity contribution in [3.8, 4) is 0 Å². The molecule has 4 aromatic rings. The second-order valence-electron chi connectivity index (χ2n) is 8.84. The van der Waals surface area contributed by atoms with Crippen LogP contribution in [-0.2, 0) is 24.7 Å². The van der Waals surface area contributed by atoms with E-state index in [4.69, 9.17) is 9.57 Å². The summed E-state index contributed by atoms with van der Waals surface area (Å²) in [5.74, 6) is -1.93. The fourth-order valence-corrected chi connectivity index (χ4v) is 4.93. The van der Waals surface area contributed by atoms with Gasteiger partial charge in [0.15, 0.2) is 11.7 Å². The van der Waals surface area contributed by atoms with Gasteiger partial charge in [-0.15, -0.1) is 11.3 Å². The summed E-state index contributed by atoms with van der Waals surface area (Å²) in [6.45, 7) is -0.731. The van der Waals surface area contributed by atoms with Crippen molar-refractivity contribution in [2.45, 2.75) is 18.6 Å². The Morgan fingerprint density at radius 3 is 1.88 bits per heavy atom. The predicted octanol–water partition coefficient (Wildman–Crippen LogP) is 5.51. The van der Waals surface area contributed by atoms with Crippen LogP contribution in [0.4, 0.5) is 18.3 Å². The number of hydrogen-bond acceptors (Lipinski definition) is 8. The Kier molecular flexibility index (Phi) is 9.92. The molecule has 0 unspecified atom stereocenters. The van der Waals surface area contributed by atoms with Crippen LogP contribution in [0.1, 0.15) is 29.3 Å². The standard InChI is InChI=1S/C30H27F3N4O4S/c1-2-40-27(39)26(37-41-18-25(38)34-20-29(31,32)33)24-19-42-28(35-24)36-30(21-12-6-3-7-13-21,22-14-8-4-9-15-22)23-16-10-5-11-17-23/h3-17,19H,2,18,20H2,1H3,(H,34,38)(H,35,36). The number of amides is 1. The molecule has 0 aliphatic carbocycles. The third-order valence-corrected chi connectivity index (χ3v) is 6.73. The van der Waals surface area contributed by atoms with Crippen LogP contribution in [0.2, 0.25) is 0 Å². The summed E-state index contributed by atoms with van der Waals surface area (Å²) < 4.78 is 42.2. The van der Waals surface area contributed by atoms with Gasteiger partial charge in [0, 0.05) is 5.38 Å². The summed E-state index contributed by atoms with van der Waals surface area (Å²) >= 11 is 1.20. The highest BCUT2D eigenvalue weighted by atomic mass is 32.1. The van der Waals surface area contributed by atoms with Crippen molar-refractivity contribution < 1.29 is 32.3 Å². The minimum Gasteiger partial charge on any atom is -0.461 e. The average molecular weight is 597 g/mol. The maximum absolute atomic E-state index is 12.7. The molecule has 3 aromatic carbocycles. The minimum atomic E-state index is -4.58. The van der Waals surface area contributed by atoms with Gasteiger partial charge in [-0.3, -0.25) is 4.79 Å². The van der Waals surface area contributed by atoms with Crippen molar-refractivity contribution in [3.05, 3.63) is 119 Å². The number of carbonyl (C=O) groups is 2. The van der Waals surface area contributed by atoms with Crippen molar-refractivity contribution in [1.82, 2.24) is 10.3 Å². The molecule has 42 heavy (non-hydrogen) atoms. The van der Waals surface area contributed by atoms with Gasteiger partial charge in [-0.05, 0) is 23.6 Å². The molecule has 0 atom stereocenters. The van der Waals surface area contributed by atoms with E-state index in [1.54, 1.807) is 17.6 Å². The Morgan fingerprint density at radius 1 is 0.881 bits per heavy atom. The number of hydrogen-bond donors (Lipinski definition) is 2. The molecule has 0 bridgehead atoms. The van der Waals surface area contributed by atoms with Gasteiger partial charge in [-0.2, -0.15) is 13.2 Å². The second kappa shape index (κ2) is 13.8. The lowest BCUT2D eigenvalue weighted by Gasteiger charge is -2.36. The van der Waals surface area contributed by atoms with Crippen LogP contribution in [0.5, 0.6) is 0 Å². The van der Waals surface area contributed by atoms with E-state index in [9.17, 15) is 22.8 Å². The number of ether oxygens (including phenoxy) is 1. The molecular weight excluding hydrogens is 569 g/mol. The first kappa shape index (κ1) is 30.3. The lowest BCUT2D eigenvalue weighted by Crippen LogP contribution is -2.38. The fourth-order valence-electron chi connectivity index (χ4n) is 4.17. The molecule has 0 saturated heterocycles. The molecule has 0 saturated carbocycles. The maximum Gasteiger partial charge on any atom is 0.405 e. The Bertz CT molecular complexity index is 1400. The molecule has 0 spiro atoms. The Hall–Kier alpha value is -4.71. The molecular formula is C30H27F3N4O4S. The number of anilines is 1. The van der Waals surface area contributed by atoms with E-state index in [1.807, 2.05) is 91.0 Å². The number of nitrogens with one attached hydrogen (secondary N) is 2. The number of aromatic nitrogens is 1. The summed E-state index contributed by atoms with van der Waals surface area (Å²) in [6.07, 6.45) is -4.58. The zero-order valence-electron chi connectivity index (χ0n) is 22.4. The second-order valence-corrected chi connectivity index (χ2v) is 9.69. The van der Waals surface area contributed by atoms with Gasteiger partial charge < -0.3 is 20.2 Å². The van der Waals surface area contributed by atoms with Crippen LogP contribution in [0.3, 0.4) is 0 Å². The highest BCUT2D eigenvalue weighted by molar-refractivity contribution is 7.14. The van der Waals surface area contributed by atoms with E-state index < -0.39 is 36.7 Å². The van der Waals surface area contributed by atoms with E-state index in [-0.39, 0.29) is 18.0 Å². The smallest absolute Gasteiger partial charge is 0.405 e. The number of halogens is 3. The van der Waals surface area contributed by atoms with Crippen LogP contribution < -0.4 is 10.6 Å². The van der Waals surface area contributed by atoms with Crippen molar-refractivity contribution >= 4 is 34.1 Å². The number of rotatable bonds is 12. The molecule has 0 aliphatic rings. The molecule has 8 nitrogen and oxygen atoms in total. The van der Waals surface area contributed by atoms with E-state index in [1.165, 1.54) is 11.3 Å². The SMILES string of the molecule is CCOC(=O)C(=NOCC(=O)NCC(F)(F)F)c1csc(NC(c2ccccc2)(c2ccccc2)c2ccccc2)n1. The Morgan fingerprint density at radius 2 is 1.40 bits per heavy atom. The Labute approximate surface area is 244 Å². The topological polar surface area (TPSA) is 102 Å². The van der Waals surface area contributed by atoms with Crippen molar-refractivity contribution in [2.75, 3.05) is 25.1 Å². The normalized spacial score (nSPS) is 12.0. The van der Waals surface area contributed by atoms with Gasteiger partial charge in [0.25, 0.3) is 5.91 Å². The van der Waals surface area contributed by atoms with E-state index >= 15 is 0 Å². The van der Waals surface area contributed by atoms with Gasteiger partial charge in [0.1, 0.15) is 17.8 Å². The number of esters is 1. The highest BCUT2D eigenvalue weighted by Gasteiger charge is 2.37. The third kappa shape index (κ3) is 7.52. The van der Waals surface area contributed by atoms with Crippen molar-refractivity contribution in [1.29, 1.82) is 0 Å². The first-order valence-electron chi connectivity index (χ1n) is 12.8. The van der Waals surface area contributed by atoms with Crippen molar-refractivity contribution in [3.63, 3.8) is 0 Å². The van der Waals surface area contributed by atoms with Gasteiger partial charge in [-0.1, -0.05) is 96.2 Å². The zero-order chi connectivity index (χ0) is 30.0. The summed E-state index contributed by atoms with van der Waals surface area (Å²) in [5.41, 5.74) is 1.69. The third-order valence-electron chi connectivity index (χ3n) is 5.97. The number of benzene rings is 3. The van der Waals surface area contributed by atoms with Crippen LogP contribution in [0.25, 0.3) is 0 Å². The number of oxime groups is 1. The number of alkyl halides is 3. The van der Waals surface area contributed by atoms with Crippen LogP contribution >= 0.6 is 11.3 Å². The maximum atomic E-state index is 12.7. The predicted molar refractivity (Wildman–Crippen MR) is 153 cm³/mol. The van der Waals surface area contributed by atoms with E-state index in [2.05, 4.69) is 15.5 Å². The van der Waals surface area contributed by atoms with E-state index in [0.29, 0.717) is 5.13 Å². The molecule has 4 rings (SSSR count). The fraction of sp³-hybridized carbons (Fsp3) is 0.200. The lowest BCUT2D eigenvalue weighted by molar-refractivity contribution is -0.141. The highest BCUT2D eigenvalue weighted by Crippen LogP contribution is 2.40. The Balaban J connectivity index is 1.69. The quantitative estimate of drug-likeness (QED) is 0.0968. The molecule has 0 radical (unpaired) electrons. The molecule has 2 N–H and O–H groups in total. The first-order valence-corrected chi connectivity index (χ1v) is 13.7. The largest absolute Gasteiger partial charge is 0.461 e. The van der Waals surface area contributed by atoms with Crippen molar-refractivity contribution in [2.24, 2.45) is 5.16 Å². The molecule has 12 heteroatoms. The number of carbonyl (C=O) groups excluding carboxylic acids is 2. The first-order chi connectivity index (χ1) is 20.2. The minimum absolute atomic E-state index is 0.0261. The van der Waals surface area contributed by atoms with Crippen LogP contribution in [-0.4, -0.2) is 48.5 Å². The molecule has 1 aromatic heterocycles. The molecule has 0 fully saturated rings. The zero-order valence-corrected chi connectivity index (χ0v) is 23.2. The summed E-state index contributed by atoms with van der Waals surface area (Å²) in [7, 11) is 0. The van der Waals surface area contributed by atoms with Gasteiger partial charge in [0.05, 0.1) is 6.61 Å². The number of thiazole rings is 1.